The molecule has 1 N–H and O–H groups in total. The first-order valence-corrected chi connectivity index (χ1v) is 11.2. The molecule has 0 radical (unpaired) electrons. The molecule has 0 aliphatic heterocycles. The molecule has 0 saturated carbocycles. The molecule has 3 rings (SSSR count). The van der Waals surface area contributed by atoms with Crippen LogP contribution in [0.1, 0.15) is 25.6 Å². The number of halogens is 1. The predicted octanol–water partition coefficient (Wildman–Crippen LogP) is 4.65. The van der Waals surface area contributed by atoms with Gasteiger partial charge in [0, 0.05) is 15.9 Å². The van der Waals surface area contributed by atoms with Gasteiger partial charge >= 0.3 is 0 Å². The van der Waals surface area contributed by atoms with Gasteiger partial charge in [-0.2, -0.15) is 0 Å². The second-order valence-corrected chi connectivity index (χ2v) is 8.77. The van der Waals surface area contributed by atoms with Gasteiger partial charge in [0.15, 0.2) is 22.8 Å². The largest absolute Gasteiger partial charge is 0.493 e. The highest BCUT2D eigenvalue weighted by Crippen LogP contribution is 2.36. The minimum absolute atomic E-state index is 0.0353. The van der Waals surface area contributed by atoms with Gasteiger partial charge < -0.3 is 18.6 Å². The zero-order valence-corrected chi connectivity index (χ0v) is 18.9. The molecule has 0 spiro atoms. The number of para-hydroxylation sites is 1. The van der Waals surface area contributed by atoms with Gasteiger partial charge in [-0.3, -0.25) is 0 Å². The standard InChI is InChI=1S/C20H22BrNO6S/c1-5-27-15-8-6-7-13-9-16(28-20(13)15)12(2)22-29(23,24)19-11-18(26-4)17(25-3)10-14(19)21/h6-12,22H,5H2,1-4H3. The molecule has 1 heterocycles. The Hall–Kier alpha value is -2.23. The zero-order valence-electron chi connectivity index (χ0n) is 16.5. The molecule has 0 fully saturated rings. The van der Waals surface area contributed by atoms with E-state index in [0.29, 0.717) is 39.7 Å². The predicted molar refractivity (Wildman–Crippen MR) is 113 cm³/mol. The summed E-state index contributed by atoms with van der Waals surface area (Å²) < 4.78 is 50.9. The van der Waals surface area contributed by atoms with Crippen molar-refractivity contribution in [3.05, 3.63) is 46.6 Å². The third-order valence-electron chi connectivity index (χ3n) is 4.31. The topological polar surface area (TPSA) is 87.0 Å². The summed E-state index contributed by atoms with van der Waals surface area (Å²) in [5.74, 6) is 1.84. The van der Waals surface area contributed by atoms with Crippen LogP contribution in [0, 0.1) is 0 Å². The van der Waals surface area contributed by atoms with E-state index in [-0.39, 0.29) is 4.90 Å². The summed E-state index contributed by atoms with van der Waals surface area (Å²) in [6, 6.07) is 9.71. The van der Waals surface area contributed by atoms with Crippen LogP contribution >= 0.6 is 15.9 Å². The molecule has 3 aromatic rings. The van der Waals surface area contributed by atoms with Gasteiger partial charge in [-0.05, 0) is 48.0 Å². The van der Waals surface area contributed by atoms with E-state index in [2.05, 4.69) is 20.7 Å². The van der Waals surface area contributed by atoms with Crippen LogP contribution in [0.2, 0.25) is 0 Å². The Labute approximate surface area is 178 Å². The molecule has 1 unspecified atom stereocenters. The van der Waals surface area contributed by atoms with Crippen LogP contribution in [-0.4, -0.2) is 29.2 Å². The second kappa shape index (κ2) is 8.64. The highest BCUT2D eigenvalue weighted by molar-refractivity contribution is 9.10. The van der Waals surface area contributed by atoms with E-state index in [1.54, 1.807) is 19.1 Å². The molecule has 0 amide bonds. The number of rotatable bonds is 8. The molecule has 9 heteroatoms. The monoisotopic (exact) mass is 483 g/mol. The van der Waals surface area contributed by atoms with Crippen molar-refractivity contribution < 1.29 is 27.0 Å². The Balaban J connectivity index is 1.93. The van der Waals surface area contributed by atoms with Crippen LogP contribution in [0.5, 0.6) is 17.2 Å². The number of methoxy groups -OCH3 is 2. The normalized spacial score (nSPS) is 12.7. The summed E-state index contributed by atoms with van der Waals surface area (Å²) in [5.41, 5.74) is 0.586. The SMILES string of the molecule is CCOc1cccc2cc(C(C)NS(=O)(=O)c3cc(OC)c(OC)cc3Br)oc12. The number of hydrogen-bond donors (Lipinski definition) is 1. The summed E-state index contributed by atoms with van der Waals surface area (Å²) in [7, 11) is -0.947. The van der Waals surface area contributed by atoms with Gasteiger partial charge in [0.2, 0.25) is 10.0 Å². The van der Waals surface area contributed by atoms with Crippen molar-refractivity contribution in [2.45, 2.75) is 24.8 Å². The maximum atomic E-state index is 13.0. The fraction of sp³-hybridized carbons (Fsp3) is 0.300. The third kappa shape index (κ3) is 4.36. The van der Waals surface area contributed by atoms with E-state index in [4.69, 9.17) is 18.6 Å². The molecule has 0 saturated heterocycles. The Kier molecular flexibility index (Phi) is 6.40. The first-order chi connectivity index (χ1) is 13.8. The maximum Gasteiger partial charge on any atom is 0.242 e. The molecule has 0 aliphatic carbocycles. The molecule has 156 valence electrons. The summed E-state index contributed by atoms with van der Waals surface area (Å²) in [6.07, 6.45) is 0. The minimum Gasteiger partial charge on any atom is -0.493 e. The summed E-state index contributed by atoms with van der Waals surface area (Å²) in [5, 5.41) is 0.837. The average Bonchev–Trinajstić information content (AvgIpc) is 3.13. The fourth-order valence-corrected chi connectivity index (χ4v) is 5.18. The summed E-state index contributed by atoms with van der Waals surface area (Å²) in [4.78, 5) is 0.0353. The van der Waals surface area contributed by atoms with Crippen molar-refractivity contribution in [3.8, 4) is 17.2 Å². The molecule has 0 aliphatic rings. The van der Waals surface area contributed by atoms with E-state index in [1.807, 2.05) is 25.1 Å². The molecule has 7 nitrogen and oxygen atoms in total. The fourth-order valence-electron chi connectivity index (χ4n) is 2.93. The number of hydrogen-bond acceptors (Lipinski definition) is 6. The Morgan fingerprint density at radius 2 is 1.79 bits per heavy atom. The second-order valence-electron chi connectivity index (χ2n) is 6.24. The first kappa shape index (κ1) is 21.5. The van der Waals surface area contributed by atoms with Gasteiger partial charge in [-0.25, -0.2) is 13.1 Å². The van der Waals surface area contributed by atoms with Crippen molar-refractivity contribution >= 4 is 36.9 Å². The first-order valence-electron chi connectivity index (χ1n) is 8.89. The van der Waals surface area contributed by atoms with Crippen LogP contribution in [0.4, 0.5) is 0 Å². The highest BCUT2D eigenvalue weighted by atomic mass is 79.9. The number of fused-ring (bicyclic) bond motifs is 1. The van der Waals surface area contributed by atoms with Crippen molar-refractivity contribution in [2.24, 2.45) is 0 Å². The Bertz CT molecular complexity index is 1130. The van der Waals surface area contributed by atoms with Crippen LogP contribution < -0.4 is 18.9 Å². The molecule has 0 bridgehead atoms. The van der Waals surface area contributed by atoms with Crippen molar-refractivity contribution in [1.29, 1.82) is 0 Å². The average molecular weight is 484 g/mol. The molecular formula is C20H22BrNO6S. The number of nitrogens with one attached hydrogen (secondary N) is 1. The lowest BCUT2D eigenvalue weighted by Gasteiger charge is -2.15. The van der Waals surface area contributed by atoms with E-state index < -0.39 is 16.1 Å². The molecule has 1 aromatic heterocycles. The smallest absolute Gasteiger partial charge is 0.242 e. The maximum absolute atomic E-state index is 13.0. The van der Waals surface area contributed by atoms with E-state index in [1.165, 1.54) is 20.3 Å². The quantitative estimate of drug-likeness (QED) is 0.501. The lowest BCUT2D eigenvalue weighted by atomic mass is 10.2. The number of sulfonamides is 1. The molecule has 2 aromatic carbocycles. The summed E-state index contributed by atoms with van der Waals surface area (Å²) in [6.45, 7) is 4.11. The van der Waals surface area contributed by atoms with Crippen LogP contribution in [0.3, 0.4) is 0 Å². The van der Waals surface area contributed by atoms with Gasteiger partial charge in [0.1, 0.15) is 10.7 Å². The van der Waals surface area contributed by atoms with E-state index in [0.717, 1.165) is 5.39 Å². The number of furan rings is 1. The lowest BCUT2D eigenvalue weighted by molar-refractivity contribution is 0.336. The molecule has 29 heavy (non-hydrogen) atoms. The van der Waals surface area contributed by atoms with Crippen molar-refractivity contribution in [3.63, 3.8) is 0 Å². The Morgan fingerprint density at radius 1 is 1.10 bits per heavy atom. The van der Waals surface area contributed by atoms with Gasteiger partial charge in [0.05, 0.1) is 26.9 Å². The van der Waals surface area contributed by atoms with Crippen LogP contribution in [0.25, 0.3) is 11.0 Å². The zero-order chi connectivity index (χ0) is 21.2. The molecular weight excluding hydrogens is 462 g/mol. The number of ether oxygens (including phenoxy) is 3. The van der Waals surface area contributed by atoms with Gasteiger partial charge in [0.25, 0.3) is 0 Å². The minimum atomic E-state index is -3.88. The van der Waals surface area contributed by atoms with Crippen molar-refractivity contribution in [2.75, 3.05) is 20.8 Å². The third-order valence-corrected chi connectivity index (χ3v) is 6.81. The van der Waals surface area contributed by atoms with Crippen molar-refractivity contribution in [1.82, 2.24) is 4.72 Å². The lowest BCUT2D eigenvalue weighted by Crippen LogP contribution is -2.27. The van der Waals surface area contributed by atoms with Crippen LogP contribution in [0.15, 0.2) is 50.2 Å². The summed E-state index contributed by atoms with van der Waals surface area (Å²) >= 11 is 3.29. The highest BCUT2D eigenvalue weighted by Gasteiger charge is 2.25. The van der Waals surface area contributed by atoms with Crippen LogP contribution in [-0.2, 0) is 10.0 Å². The van der Waals surface area contributed by atoms with Gasteiger partial charge in [-0.1, -0.05) is 12.1 Å². The van der Waals surface area contributed by atoms with Gasteiger partial charge in [-0.15, -0.1) is 0 Å². The number of benzene rings is 2. The van der Waals surface area contributed by atoms with E-state index in [9.17, 15) is 8.42 Å². The molecule has 1 atom stereocenters. The van der Waals surface area contributed by atoms with E-state index >= 15 is 0 Å². The Morgan fingerprint density at radius 3 is 2.45 bits per heavy atom.